The molecule has 0 saturated carbocycles. The third-order valence-electron chi connectivity index (χ3n) is 6.00. The largest absolute Gasteiger partial charge is 0.462 e. The van der Waals surface area contributed by atoms with Crippen molar-refractivity contribution in [3.63, 3.8) is 0 Å². The first-order valence-electron chi connectivity index (χ1n) is 11.7. The first kappa shape index (κ1) is 30.2. The molecule has 0 fully saturated rings. The molecule has 0 unspecified atom stereocenters. The number of carbonyl (C=O) groups is 1. The van der Waals surface area contributed by atoms with Gasteiger partial charge in [-0.3, -0.25) is 0 Å². The van der Waals surface area contributed by atoms with Crippen LogP contribution in [0.1, 0.15) is 31.7 Å². The first-order valence-corrected chi connectivity index (χ1v) is 14.4. The summed E-state index contributed by atoms with van der Waals surface area (Å²) in [5.41, 5.74) is -0.0397. The number of nitrogens with two attached hydrogens (primary N) is 1. The maximum absolute atomic E-state index is 13.7. The third kappa shape index (κ3) is 7.38. The summed E-state index contributed by atoms with van der Waals surface area (Å²) in [6.45, 7) is 1.88. The fraction of sp³-hybridized carbons (Fsp3) is 0.360. The molecule has 0 bridgehead atoms. The molecule has 0 heterocycles. The van der Waals surface area contributed by atoms with Gasteiger partial charge in [-0.2, -0.15) is 17.5 Å². The maximum Gasteiger partial charge on any atom is 0.416 e. The Morgan fingerprint density at radius 1 is 1.24 bits per heavy atom. The minimum atomic E-state index is -4.76. The molecule has 0 amide bonds. The maximum atomic E-state index is 13.7. The highest BCUT2D eigenvalue weighted by Gasteiger charge is 2.37. The van der Waals surface area contributed by atoms with Crippen molar-refractivity contribution in [2.24, 2.45) is 0 Å². The summed E-state index contributed by atoms with van der Waals surface area (Å²) < 4.78 is 74.4. The zero-order chi connectivity index (χ0) is 28.1. The van der Waals surface area contributed by atoms with E-state index in [0.29, 0.717) is 46.5 Å². The van der Waals surface area contributed by atoms with E-state index in [1.165, 1.54) is 13.1 Å². The molecule has 1 aliphatic carbocycles. The summed E-state index contributed by atoms with van der Waals surface area (Å²) in [5, 5.41) is 10.00. The van der Waals surface area contributed by atoms with Crippen LogP contribution in [0.15, 0.2) is 68.4 Å². The van der Waals surface area contributed by atoms with Gasteiger partial charge in [-0.05, 0) is 62.2 Å². The van der Waals surface area contributed by atoms with E-state index in [-0.39, 0.29) is 18.0 Å². The van der Waals surface area contributed by atoms with Gasteiger partial charge in [-0.1, -0.05) is 23.4 Å². The summed E-state index contributed by atoms with van der Waals surface area (Å²) in [6.07, 6.45) is -2.22. The second-order valence-corrected chi connectivity index (χ2v) is 12.1. The molecule has 1 atom stereocenters. The van der Waals surface area contributed by atoms with E-state index in [1.807, 2.05) is 0 Å². The number of rotatable bonds is 10. The lowest BCUT2D eigenvalue weighted by Crippen LogP contribution is -2.85. The second-order valence-electron chi connectivity index (χ2n) is 8.51. The minimum absolute atomic E-state index is 0.0252. The SMILES string of the molecule is CCOC(=O)C[NH2+]C1=C(C=N)[C@H](N(C)S(=O)(=O)c2cc(Sc3ccc(Cl)cc3)cc(C(F)(F)F)c2)CCC1. The van der Waals surface area contributed by atoms with Crippen LogP contribution in [0.3, 0.4) is 0 Å². The van der Waals surface area contributed by atoms with Gasteiger partial charge in [0.15, 0.2) is 6.54 Å². The first-order chi connectivity index (χ1) is 17.9. The molecule has 2 aromatic rings. The van der Waals surface area contributed by atoms with Crippen molar-refractivity contribution in [1.29, 1.82) is 5.41 Å². The highest BCUT2D eigenvalue weighted by atomic mass is 35.5. The molecule has 0 aromatic heterocycles. The molecular weight excluding hydrogens is 563 g/mol. The highest BCUT2D eigenvalue weighted by Crippen LogP contribution is 2.38. The zero-order valence-electron chi connectivity index (χ0n) is 20.7. The minimum Gasteiger partial charge on any atom is -0.462 e. The number of likely N-dealkylation sites (N-methyl/N-ethyl adjacent to an activating group) is 1. The van der Waals surface area contributed by atoms with E-state index >= 15 is 0 Å². The van der Waals surface area contributed by atoms with Crippen molar-refractivity contribution in [2.45, 2.75) is 53.1 Å². The number of carbonyl (C=O) groups excluding carboxylic acids is 1. The topological polar surface area (TPSA) is 104 Å². The standard InChI is InChI=1S/C25H27ClF3N3O4S2/c1-3-36-24(33)15-31-22-5-4-6-23(21(22)14-30)32(2)38(34,35)20-12-16(25(27,28)29)11-19(13-20)37-18-9-7-17(26)8-10-18/h7-14,23,30-31H,3-6,15H2,1-2H3/p+1/t23-/m1/s1. The Morgan fingerprint density at radius 3 is 2.53 bits per heavy atom. The average molecular weight is 591 g/mol. The van der Waals surface area contributed by atoms with E-state index in [4.69, 9.17) is 21.7 Å². The molecule has 0 saturated heterocycles. The molecular formula is C25H28ClF3N3O4S2+. The van der Waals surface area contributed by atoms with Crippen LogP contribution in [-0.2, 0) is 25.7 Å². The number of nitrogens with zero attached hydrogens (tertiary/aromatic N) is 1. The second kappa shape index (κ2) is 12.6. The fourth-order valence-corrected chi connectivity index (χ4v) is 6.68. The quantitative estimate of drug-likeness (QED) is 0.308. The normalized spacial score (nSPS) is 16.6. The van der Waals surface area contributed by atoms with Crippen LogP contribution >= 0.6 is 23.4 Å². The van der Waals surface area contributed by atoms with E-state index in [2.05, 4.69) is 0 Å². The molecule has 13 heteroatoms. The van der Waals surface area contributed by atoms with Crippen molar-refractivity contribution >= 4 is 45.6 Å². The van der Waals surface area contributed by atoms with Crippen LogP contribution in [0.4, 0.5) is 13.2 Å². The number of esters is 1. The van der Waals surface area contributed by atoms with E-state index in [1.54, 1.807) is 36.5 Å². The zero-order valence-corrected chi connectivity index (χ0v) is 23.1. The van der Waals surface area contributed by atoms with Crippen molar-refractivity contribution in [3.05, 3.63) is 64.3 Å². The number of hydrogen-bond acceptors (Lipinski definition) is 6. The van der Waals surface area contributed by atoms with Crippen molar-refractivity contribution in [3.8, 4) is 0 Å². The van der Waals surface area contributed by atoms with Crippen molar-refractivity contribution in [1.82, 2.24) is 4.31 Å². The number of quaternary nitrogens is 1. The predicted molar refractivity (Wildman–Crippen MR) is 139 cm³/mol. The number of alkyl halides is 3. The molecule has 0 aliphatic heterocycles. The molecule has 1 aliphatic rings. The Labute approximate surface area is 228 Å². The fourth-order valence-electron chi connectivity index (χ4n) is 4.13. The molecule has 0 radical (unpaired) electrons. The van der Waals surface area contributed by atoms with Crippen LogP contribution in [0.25, 0.3) is 0 Å². The lowest BCUT2D eigenvalue weighted by Gasteiger charge is -2.32. The monoisotopic (exact) mass is 590 g/mol. The summed E-state index contributed by atoms with van der Waals surface area (Å²) in [4.78, 5) is 12.0. The number of benzene rings is 2. The van der Waals surface area contributed by atoms with E-state index in [0.717, 1.165) is 28.3 Å². The van der Waals surface area contributed by atoms with Crippen molar-refractivity contribution in [2.75, 3.05) is 20.2 Å². The number of allylic oxidation sites excluding steroid dienone is 1. The van der Waals surface area contributed by atoms with Gasteiger partial charge in [-0.15, -0.1) is 0 Å². The lowest BCUT2D eigenvalue weighted by atomic mass is 9.92. The van der Waals surface area contributed by atoms with Gasteiger partial charge in [0.05, 0.1) is 23.1 Å². The average Bonchev–Trinajstić information content (AvgIpc) is 2.87. The number of sulfonamides is 1. The summed E-state index contributed by atoms with van der Waals surface area (Å²) in [5.74, 6) is -0.442. The third-order valence-corrected chi connectivity index (χ3v) is 9.08. The predicted octanol–water partition coefficient (Wildman–Crippen LogP) is 4.71. The highest BCUT2D eigenvalue weighted by molar-refractivity contribution is 7.99. The van der Waals surface area contributed by atoms with Crippen LogP contribution in [0.5, 0.6) is 0 Å². The van der Waals surface area contributed by atoms with Crippen LogP contribution in [-0.4, -0.2) is 51.1 Å². The Bertz CT molecular complexity index is 1320. The van der Waals surface area contributed by atoms with Gasteiger partial charge < -0.3 is 15.5 Å². The molecule has 206 valence electrons. The Morgan fingerprint density at radius 2 is 1.92 bits per heavy atom. The van der Waals surface area contributed by atoms with Gasteiger partial charge in [0.2, 0.25) is 10.0 Å². The van der Waals surface area contributed by atoms with Crippen LogP contribution < -0.4 is 5.32 Å². The van der Waals surface area contributed by atoms with Gasteiger partial charge in [0.1, 0.15) is 5.70 Å². The Kier molecular flexibility index (Phi) is 10.0. The van der Waals surface area contributed by atoms with Gasteiger partial charge in [0.25, 0.3) is 0 Å². The Balaban J connectivity index is 1.97. The molecule has 3 N–H and O–H groups in total. The van der Waals surface area contributed by atoms with Crippen molar-refractivity contribution < 1.29 is 36.4 Å². The smallest absolute Gasteiger partial charge is 0.416 e. The molecule has 0 spiro atoms. The molecule has 3 rings (SSSR count). The summed E-state index contributed by atoms with van der Waals surface area (Å²) in [6, 6.07) is 8.41. The number of nitrogens with one attached hydrogen (secondary N) is 1. The van der Waals surface area contributed by atoms with Crippen LogP contribution in [0.2, 0.25) is 5.02 Å². The van der Waals surface area contributed by atoms with Gasteiger partial charge >= 0.3 is 12.1 Å². The lowest BCUT2D eigenvalue weighted by molar-refractivity contribution is -0.600. The molecule has 2 aromatic carbocycles. The van der Waals surface area contributed by atoms with Gasteiger partial charge in [0, 0.05) is 40.1 Å². The summed E-state index contributed by atoms with van der Waals surface area (Å²) in [7, 11) is -3.10. The molecule has 38 heavy (non-hydrogen) atoms. The van der Waals surface area contributed by atoms with Crippen LogP contribution in [0, 0.1) is 5.41 Å². The number of hydrogen-bond donors (Lipinski definition) is 2. The number of ether oxygens (including phenoxy) is 1. The number of halogens is 4. The van der Waals surface area contributed by atoms with E-state index < -0.39 is 38.7 Å². The molecule has 7 nitrogen and oxygen atoms in total. The summed E-state index contributed by atoms with van der Waals surface area (Å²) >= 11 is 6.88. The Hall–Kier alpha value is -2.38. The van der Waals surface area contributed by atoms with Gasteiger partial charge in [-0.25, -0.2) is 13.2 Å². The van der Waals surface area contributed by atoms with E-state index in [9.17, 15) is 26.4 Å².